The summed E-state index contributed by atoms with van der Waals surface area (Å²) in [6.45, 7) is 0. The third-order valence-electron chi connectivity index (χ3n) is 5.64. The molecule has 5 aromatic rings. The van der Waals surface area contributed by atoms with Gasteiger partial charge >= 0.3 is 6.18 Å². The van der Waals surface area contributed by atoms with E-state index in [0.29, 0.717) is 16.6 Å². The van der Waals surface area contributed by atoms with Crippen molar-refractivity contribution >= 4 is 62.1 Å². The van der Waals surface area contributed by atoms with Crippen LogP contribution in [0.25, 0.3) is 21.7 Å². The Morgan fingerprint density at radius 2 is 1.58 bits per heavy atom. The van der Waals surface area contributed by atoms with E-state index in [1.54, 1.807) is 30.5 Å². The molecule has 6 nitrogen and oxygen atoms in total. The van der Waals surface area contributed by atoms with Gasteiger partial charge in [0.1, 0.15) is 5.82 Å². The van der Waals surface area contributed by atoms with E-state index in [4.69, 9.17) is 17.3 Å². The average molecular weight is 508 g/mol. The fourth-order valence-corrected chi connectivity index (χ4v) is 4.16. The molecule has 0 saturated carbocycles. The molecule has 36 heavy (non-hydrogen) atoms. The second-order valence-corrected chi connectivity index (χ2v) is 8.34. The number of nitrogens with one attached hydrogen (secondary N) is 2. The van der Waals surface area contributed by atoms with Crippen LogP contribution in [0.1, 0.15) is 15.9 Å². The first-order valence-electron chi connectivity index (χ1n) is 10.7. The van der Waals surface area contributed by atoms with Gasteiger partial charge in [0, 0.05) is 45.5 Å². The summed E-state index contributed by atoms with van der Waals surface area (Å²) in [4.78, 5) is 21.4. The maximum Gasteiger partial charge on any atom is 0.417 e. The van der Waals surface area contributed by atoms with Crippen molar-refractivity contribution in [3.63, 3.8) is 0 Å². The topological polar surface area (TPSA) is 92.9 Å². The first kappa shape index (κ1) is 23.4. The second kappa shape index (κ2) is 9.01. The molecule has 0 fully saturated rings. The fourth-order valence-electron chi connectivity index (χ4n) is 3.93. The van der Waals surface area contributed by atoms with Gasteiger partial charge in [-0.3, -0.25) is 9.78 Å². The summed E-state index contributed by atoms with van der Waals surface area (Å²) in [6.07, 6.45) is -1.52. The number of anilines is 4. The lowest BCUT2D eigenvalue weighted by Gasteiger charge is -2.15. The van der Waals surface area contributed by atoms with Gasteiger partial charge in [-0.2, -0.15) is 13.2 Å². The summed E-state index contributed by atoms with van der Waals surface area (Å²) in [5, 5.41) is 7.68. The van der Waals surface area contributed by atoms with Gasteiger partial charge in [-0.15, -0.1) is 0 Å². The Labute approximate surface area is 207 Å². The van der Waals surface area contributed by atoms with Crippen molar-refractivity contribution in [1.82, 2.24) is 9.97 Å². The lowest BCUT2D eigenvalue weighted by Crippen LogP contribution is -2.15. The Morgan fingerprint density at radius 1 is 0.861 bits per heavy atom. The molecule has 0 aliphatic carbocycles. The SMILES string of the molecule is Nc1cccc2c(Nc3cccc4c(NC(=O)c5ccc(Cl)c(C(F)(F)F)c5)nccc34)ccnc12. The number of rotatable bonds is 4. The first-order chi connectivity index (χ1) is 17.2. The van der Waals surface area contributed by atoms with E-state index in [1.165, 1.54) is 12.3 Å². The maximum atomic E-state index is 13.2. The number of alkyl halides is 3. The van der Waals surface area contributed by atoms with Gasteiger partial charge in [-0.05, 0) is 42.5 Å². The number of para-hydroxylation sites is 1. The van der Waals surface area contributed by atoms with Crippen molar-refractivity contribution in [3.05, 3.63) is 95.3 Å². The predicted molar refractivity (Wildman–Crippen MR) is 136 cm³/mol. The van der Waals surface area contributed by atoms with Gasteiger partial charge in [-0.1, -0.05) is 35.9 Å². The average Bonchev–Trinajstić information content (AvgIpc) is 2.85. The van der Waals surface area contributed by atoms with Gasteiger partial charge in [-0.25, -0.2) is 4.98 Å². The normalized spacial score (nSPS) is 11.6. The van der Waals surface area contributed by atoms with Crippen molar-refractivity contribution < 1.29 is 18.0 Å². The lowest BCUT2D eigenvalue weighted by molar-refractivity contribution is -0.137. The zero-order valence-corrected chi connectivity index (χ0v) is 19.2. The van der Waals surface area contributed by atoms with E-state index in [9.17, 15) is 18.0 Å². The number of hydrogen-bond donors (Lipinski definition) is 3. The molecule has 0 unspecified atom stereocenters. The number of benzene rings is 3. The van der Waals surface area contributed by atoms with Gasteiger partial charge < -0.3 is 16.4 Å². The van der Waals surface area contributed by atoms with Gasteiger partial charge in [0.05, 0.1) is 21.8 Å². The molecule has 0 saturated heterocycles. The second-order valence-electron chi connectivity index (χ2n) is 7.93. The minimum atomic E-state index is -4.69. The molecule has 1 amide bonds. The quantitative estimate of drug-likeness (QED) is 0.227. The van der Waals surface area contributed by atoms with Crippen molar-refractivity contribution in [2.45, 2.75) is 6.18 Å². The summed E-state index contributed by atoms with van der Waals surface area (Å²) >= 11 is 5.67. The third-order valence-corrected chi connectivity index (χ3v) is 5.97. The van der Waals surface area contributed by atoms with Gasteiger partial charge in [0.2, 0.25) is 0 Å². The molecule has 2 aromatic heterocycles. The van der Waals surface area contributed by atoms with Crippen molar-refractivity contribution in [2.75, 3.05) is 16.4 Å². The zero-order chi connectivity index (χ0) is 25.4. The molecule has 2 heterocycles. The molecule has 0 spiro atoms. The largest absolute Gasteiger partial charge is 0.417 e. The minimum absolute atomic E-state index is 0.194. The number of nitrogens with zero attached hydrogens (tertiary/aromatic N) is 2. The van der Waals surface area contributed by atoms with Gasteiger partial charge in [0.25, 0.3) is 5.91 Å². The molecular weight excluding hydrogens is 491 g/mol. The molecular formula is C26H17ClF3N5O. The molecule has 180 valence electrons. The Balaban J connectivity index is 1.50. The third kappa shape index (κ3) is 4.36. The van der Waals surface area contributed by atoms with Crippen LogP contribution < -0.4 is 16.4 Å². The van der Waals surface area contributed by atoms with E-state index in [0.717, 1.165) is 34.3 Å². The fraction of sp³-hybridized carbons (Fsp3) is 0.0385. The number of fused-ring (bicyclic) bond motifs is 2. The summed E-state index contributed by atoms with van der Waals surface area (Å²) in [7, 11) is 0. The minimum Gasteiger partial charge on any atom is -0.397 e. The monoisotopic (exact) mass is 507 g/mol. The highest BCUT2D eigenvalue weighted by Crippen LogP contribution is 2.36. The number of pyridine rings is 2. The summed E-state index contributed by atoms with van der Waals surface area (Å²) in [5.74, 6) is -0.542. The Morgan fingerprint density at radius 3 is 2.39 bits per heavy atom. The smallest absolute Gasteiger partial charge is 0.397 e. The molecule has 0 radical (unpaired) electrons. The Kier molecular flexibility index (Phi) is 5.85. The number of halogens is 4. The number of carbonyl (C=O) groups excluding carboxylic acids is 1. The van der Waals surface area contributed by atoms with Crippen molar-refractivity contribution in [1.29, 1.82) is 0 Å². The van der Waals surface area contributed by atoms with E-state index in [2.05, 4.69) is 20.6 Å². The highest BCUT2D eigenvalue weighted by Gasteiger charge is 2.34. The number of aromatic nitrogens is 2. The molecule has 4 N–H and O–H groups in total. The van der Waals surface area contributed by atoms with Crippen LogP contribution in [-0.4, -0.2) is 15.9 Å². The van der Waals surface area contributed by atoms with Crippen LogP contribution in [0.2, 0.25) is 5.02 Å². The number of nitrogens with two attached hydrogens (primary N) is 1. The highest BCUT2D eigenvalue weighted by atomic mass is 35.5. The predicted octanol–water partition coefficient (Wildman–Crippen LogP) is 7.03. The Hall–Kier alpha value is -4.37. The van der Waals surface area contributed by atoms with Crippen LogP contribution in [0.15, 0.2) is 79.1 Å². The van der Waals surface area contributed by atoms with E-state index in [-0.39, 0.29) is 11.4 Å². The standard InChI is InChI=1S/C26H17ClF3N5O/c27-19-8-7-14(13-18(19)26(28,29)30)25(36)35-24-16-3-2-6-21(15(16)9-11-33-24)34-22-10-12-32-23-17(22)4-1-5-20(23)31/h1-13H,31H2,(H,32,34)(H,33,35,36). The molecule has 0 atom stereocenters. The van der Waals surface area contributed by atoms with E-state index < -0.39 is 22.7 Å². The molecule has 0 aliphatic rings. The van der Waals surface area contributed by atoms with Crippen molar-refractivity contribution in [3.8, 4) is 0 Å². The maximum absolute atomic E-state index is 13.2. The summed E-state index contributed by atoms with van der Waals surface area (Å²) in [6, 6.07) is 17.5. The van der Waals surface area contributed by atoms with E-state index >= 15 is 0 Å². The number of nitrogen functional groups attached to an aromatic ring is 1. The molecule has 3 aromatic carbocycles. The van der Waals surface area contributed by atoms with E-state index in [1.807, 2.05) is 24.3 Å². The number of carbonyl (C=O) groups is 1. The first-order valence-corrected chi connectivity index (χ1v) is 11.1. The van der Waals surface area contributed by atoms with Crippen LogP contribution in [0.3, 0.4) is 0 Å². The van der Waals surface area contributed by atoms with Crippen LogP contribution in [0.5, 0.6) is 0 Å². The van der Waals surface area contributed by atoms with Crippen LogP contribution in [0, 0.1) is 0 Å². The summed E-state index contributed by atoms with van der Waals surface area (Å²) < 4.78 is 39.7. The number of amides is 1. The molecule has 0 bridgehead atoms. The summed E-state index contributed by atoms with van der Waals surface area (Å²) in [5.41, 5.74) is 7.51. The molecule has 10 heteroatoms. The molecule has 5 rings (SSSR count). The van der Waals surface area contributed by atoms with Crippen LogP contribution >= 0.6 is 11.6 Å². The highest BCUT2D eigenvalue weighted by molar-refractivity contribution is 6.31. The lowest BCUT2D eigenvalue weighted by atomic mass is 10.1. The Bertz CT molecular complexity index is 1640. The number of hydrogen-bond acceptors (Lipinski definition) is 5. The van der Waals surface area contributed by atoms with Crippen LogP contribution in [-0.2, 0) is 6.18 Å². The zero-order valence-electron chi connectivity index (χ0n) is 18.4. The van der Waals surface area contributed by atoms with Crippen LogP contribution in [0.4, 0.5) is 36.1 Å². The molecule has 0 aliphatic heterocycles. The van der Waals surface area contributed by atoms with Crippen molar-refractivity contribution in [2.24, 2.45) is 0 Å². The van der Waals surface area contributed by atoms with Gasteiger partial charge in [0.15, 0.2) is 0 Å².